The first-order chi connectivity index (χ1) is 13.2. The molecule has 0 unspecified atom stereocenters. The van der Waals surface area contributed by atoms with E-state index in [9.17, 15) is 27.8 Å². The number of carbonyl (C=O) groups is 2. The van der Waals surface area contributed by atoms with Gasteiger partial charge in [0.05, 0.1) is 19.0 Å². The van der Waals surface area contributed by atoms with Crippen LogP contribution < -0.4 is 9.97 Å². The van der Waals surface area contributed by atoms with Crippen LogP contribution in [0.2, 0.25) is 0 Å². The predicted octanol–water partition coefficient (Wildman–Crippen LogP) is 2.82. The van der Waals surface area contributed by atoms with Crippen LogP contribution in [-0.4, -0.2) is 42.7 Å². The van der Waals surface area contributed by atoms with Crippen molar-refractivity contribution in [3.8, 4) is 5.75 Å². The zero-order valence-corrected chi connectivity index (χ0v) is 15.6. The topological polar surface area (TPSA) is 84.9 Å². The summed E-state index contributed by atoms with van der Waals surface area (Å²) in [6.07, 6.45) is -3.62. The number of amides is 1. The van der Waals surface area contributed by atoms with Gasteiger partial charge < -0.3 is 19.7 Å². The first-order valence-corrected chi connectivity index (χ1v) is 9.21. The molecular weight excluding hydrogens is 378 g/mol. The molecule has 0 fully saturated rings. The van der Waals surface area contributed by atoms with Crippen molar-refractivity contribution in [2.75, 3.05) is 6.61 Å². The Balaban J connectivity index is 2.00. The molecular formula is C18H23BF3NO5. The van der Waals surface area contributed by atoms with Crippen molar-refractivity contribution < 1.29 is 37.2 Å². The molecule has 10 heteroatoms. The summed E-state index contributed by atoms with van der Waals surface area (Å²) < 4.78 is 47.3. The average Bonchev–Trinajstić information content (AvgIpc) is 2.63. The third-order valence-corrected chi connectivity index (χ3v) is 4.30. The maximum absolute atomic E-state index is 12.3. The van der Waals surface area contributed by atoms with Gasteiger partial charge in [-0.2, -0.15) is 13.2 Å². The van der Waals surface area contributed by atoms with Crippen LogP contribution in [0.25, 0.3) is 0 Å². The van der Waals surface area contributed by atoms with Gasteiger partial charge in [0.2, 0.25) is 5.91 Å². The van der Waals surface area contributed by atoms with Crippen molar-refractivity contribution >= 4 is 19.0 Å². The van der Waals surface area contributed by atoms with Crippen molar-refractivity contribution in [2.24, 2.45) is 0 Å². The number of esters is 1. The number of unbranched alkanes of at least 4 members (excludes halogenated alkanes) is 2. The third kappa shape index (κ3) is 6.44. The van der Waals surface area contributed by atoms with E-state index in [1.54, 1.807) is 12.1 Å². The number of para-hydroxylation sites is 1. The Morgan fingerprint density at radius 2 is 2.11 bits per heavy atom. The van der Waals surface area contributed by atoms with Gasteiger partial charge in [-0.1, -0.05) is 31.9 Å². The predicted molar refractivity (Wildman–Crippen MR) is 95.8 cm³/mol. The highest BCUT2D eigenvalue weighted by molar-refractivity contribution is 6.47. The highest BCUT2D eigenvalue weighted by Gasteiger charge is 2.38. The van der Waals surface area contributed by atoms with E-state index in [4.69, 9.17) is 9.39 Å². The minimum Gasteiger partial charge on any atom is -0.534 e. The zero-order valence-electron chi connectivity index (χ0n) is 15.6. The van der Waals surface area contributed by atoms with Gasteiger partial charge in [0, 0.05) is 6.42 Å². The molecule has 1 aromatic rings. The SMILES string of the molecule is CCCCCOC(=O)c1cccc2c1OB(O)[C@@H](NC(=O)CCC(F)(F)F)C2. The molecule has 2 N–H and O–H groups in total. The molecule has 1 aliphatic heterocycles. The quantitative estimate of drug-likeness (QED) is 0.398. The summed E-state index contributed by atoms with van der Waals surface area (Å²) >= 11 is 0. The van der Waals surface area contributed by atoms with Crippen molar-refractivity contribution in [3.05, 3.63) is 29.3 Å². The van der Waals surface area contributed by atoms with Crippen LogP contribution in [0.15, 0.2) is 18.2 Å². The standard InChI is InChI=1S/C18H23BF3NO5/c1-2-3-4-10-27-17(25)13-7-5-6-12-11-14(19(26)28-16(12)13)23-15(24)8-9-18(20,21)22/h5-7,14,26H,2-4,8-11H2,1H3,(H,23,24)/t14-/m0/s1. The van der Waals surface area contributed by atoms with Crippen LogP contribution in [0.3, 0.4) is 0 Å². The molecule has 0 aliphatic carbocycles. The number of halogens is 3. The van der Waals surface area contributed by atoms with Crippen LogP contribution in [-0.2, 0) is 16.0 Å². The lowest BCUT2D eigenvalue weighted by molar-refractivity contribution is -0.144. The summed E-state index contributed by atoms with van der Waals surface area (Å²) in [6, 6.07) is 4.78. The van der Waals surface area contributed by atoms with Crippen molar-refractivity contribution in [3.63, 3.8) is 0 Å². The highest BCUT2D eigenvalue weighted by atomic mass is 19.4. The number of fused-ring (bicyclic) bond motifs is 1. The third-order valence-electron chi connectivity index (χ3n) is 4.30. The summed E-state index contributed by atoms with van der Waals surface area (Å²) in [5.74, 6) is -2.16. The molecule has 154 valence electrons. The van der Waals surface area contributed by atoms with Gasteiger partial charge in [-0.05, 0) is 24.5 Å². The highest BCUT2D eigenvalue weighted by Crippen LogP contribution is 2.31. The van der Waals surface area contributed by atoms with E-state index in [2.05, 4.69) is 5.32 Å². The largest absolute Gasteiger partial charge is 0.547 e. The maximum Gasteiger partial charge on any atom is 0.547 e. The lowest BCUT2D eigenvalue weighted by Crippen LogP contribution is -2.53. The summed E-state index contributed by atoms with van der Waals surface area (Å²) in [5.41, 5.74) is 0.712. The summed E-state index contributed by atoms with van der Waals surface area (Å²) in [7, 11) is -1.49. The number of rotatable bonds is 8. The van der Waals surface area contributed by atoms with Gasteiger partial charge in [0.1, 0.15) is 11.3 Å². The van der Waals surface area contributed by atoms with E-state index in [-0.39, 0.29) is 24.3 Å². The molecule has 0 saturated carbocycles. The molecule has 6 nitrogen and oxygen atoms in total. The summed E-state index contributed by atoms with van der Waals surface area (Å²) in [6.45, 7) is 2.31. The Hall–Kier alpha value is -2.23. The number of ether oxygens (including phenoxy) is 1. The second kappa shape index (κ2) is 9.81. The molecule has 1 atom stereocenters. The molecule has 28 heavy (non-hydrogen) atoms. The lowest BCUT2D eigenvalue weighted by atomic mass is 9.72. The van der Waals surface area contributed by atoms with Gasteiger partial charge in [0.15, 0.2) is 0 Å². The first-order valence-electron chi connectivity index (χ1n) is 9.21. The number of hydrogen-bond donors (Lipinski definition) is 2. The fourth-order valence-corrected chi connectivity index (χ4v) is 2.84. The van der Waals surface area contributed by atoms with Gasteiger partial charge in [-0.15, -0.1) is 0 Å². The van der Waals surface area contributed by atoms with Crippen LogP contribution in [0.1, 0.15) is 54.9 Å². The van der Waals surface area contributed by atoms with E-state index in [1.165, 1.54) is 6.07 Å². The summed E-state index contributed by atoms with van der Waals surface area (Å²) in [4.78, 5) is 24.0. The second-order valence-corrected chi connectivity index (χ2v) is 6.64. The fourth-order valence-electron chi connectivity index (χ4n) is 2.84. The van der Waals surface area contributed by atoms with E-state index < -0.39 is 44.0 Å². The van der Waals surface area contributed by atoms with E-state index in [0.717, 1.165) is 19.3 Å². The Morgan fingerprint density at radius 1 is 1.36 bits per heavy atom. The zero-order chi connectivity index (χ0) is 20.7. The van der Waals surface area contributed by atoms with Crippen molar-refractivity contribution in [1.29, 1.82) is 0 Å². The molecule has 1 heterocycles. The van der Waals surface area contributed by atoms with Gasteiger partial charge in [-0.3, -0.25) is 4.79 Å². The van der Waals surface area contributed by atoms with Crippen molar-refractivity contribution in [1.82, 2.24) is 5.32 Å². The molecule has 1 aromatic carbocycles. The number of carbonyl (C=O) groups excluding carboxylic acids is 2. The molecule has 1 amide bonds. The monoisotopic (exact) mass is 401 g/mol. The van der Waals surface area contributed by atoms with E-state index in [1.807, 2.05) is 6.92 Å². The van der Waals surface area contributed by atoms with E-state index >= 15 is 0 Å². The normalized spacial score (nSPS) is 16.2. The maximum atomic E-state index is 12.3. The lowest BCUT2D eigenvalue weighted by Gasteiger charge is -2.29. The van der Waals surface area contributed by atoms with Crippen LogP contribution in [0.5, 0.6) is 5.75 Å². The van der Waals surface area contributed by atoms with Crippen molar-refractivity contribution in [2.45, 2.75) is 57.6 Å². The van der Waals surface area contributed by atoms with Gasteiger partial charge in [0.25, 0.3) is 0 Å². The Kier molecular flexibility index (Phi) is 7.73. The summed E-state index contributed by atoms with van der Waals surface area (Å²) in [5, 5.41) is 12.5. The minimum absolute atomic E-state index is 0.116. The molecule has 2 rings (SSSR count). The Labute approximate surface area is 161 Å². The van der Waals surface area contributed by atoms with Gasteiger partial charge >= 0.3 is 19.3 Å². The van der Waals surface area contributed by atoms with E-state index in [0.29, 0.717) is 5.56 Å². The van der Waals surface area contributed by atoms with Gasteiger partial charge in [-0.25, -0.2) is 4.79 Å². The minimum atomic E-state index is -4.43. The molecule has 0 radical (unpaired) electrons. The Bertz CT molecular complexity index is 698. The van der Waals surface area contributed by atoms with Crippen LogP contribution in [0, 0.1) is 0 Å². The smallest absolute Gasteiger partial charge is 0.534 e. The Morgan fingerprint density at radius 3 is 2.79 bits per heavy atom. The number of benzene rings is 1. The molecule has 0 bridgehead atoms. The number of hydrogen-bond acceptors (Lipinski definition) is 5. The molecule has 0 saturated heterocycles. The number of nitrogens with one attached hydrogen (secondary N) is 1. The first kappa shape index (κ1) is 22.1. The van der Waals surface area contributed by atoms with Crippen LogP contribution in [0.4, 0.5) is 13.2 Å². The average molecular weight is 401 g/mol. The van der Waals surface area contributed by atoms with Crippen LogP contribution >= 0.6 is 0 Å². The fraction of sp³-hybridized carbons (Fsp3) is 0.556. The molecule has 0 spiro atoms. The molecule has 0 aromatic heterocycles. The molecule has 1 aliphatic rings. The second-order valence-electron chi connectivity index (χ2n) is 6.64. The number of alkyl halides is 3.